The first-order valence-corrected chi connectivity index (χ1v) is 12.6. The van der Waals surface area contributed by atoms with E-state index in [4.69, 9.17) is 4.74 Å². The van der Waals surface area contributed by atoms with Gasteiger partial charge in [0.15, 0.2) is 33.8 Å². The second kappa shape index (κ2) is 10.6. The van der Waals surface area contributed by atoms with E-state index in [1.807, 2.05) is 29.6 Å². The monoisotopic (exact) mass is 565 g/mol. The third-order valence-electron chi connectivity index (χ3n) is 4.65. The Labute approximate surface area is 210 Å². The minimum atomic E-state index is -0.800. The summed E-state index contributed by atoms with van der Waals surface area (Å²) in [6.07, 6.45) is -0.645. The number of nitrogens with one attached hydrogen (secondary N) is 1. The smallest absolute Gasteiger partial charge is 0.236 e. The van der Waals surface area contributed by atoms with Gasteiger partial charge in [-0.2, -0.15) is 0 Å². The van der Waals surface area contributed by atoms with Crippen LogP contribution in [0, 0.1) is 11.6 Å². The molecule has 0 radical (unpaired) electrons. The standard InChI is InChI=1S/C22H18BrF2N5O2S2/c1-12(32-18-8-7-15(24)9-16(18)25)20-28-29-22(30(20)2)34-11-19(31)27-21-26-17(10-33-21)13-3-5-14(23)6-4-13/h3-10,12H,11H2,1-2H3,(H,26,27,31). The summed E-state index contributed by atoms with van der Waals surface area (Å²) in [5, 5.41) is 13.9. The van der Waals surface area contributed by atoms with Crippen molar-refractivity contribution in [3.05, 3.63) is 69.8 Å². The lowest BCUT2D eigenvalue weighted by Gasteiger charge is -2.14. The fourth-order valence-corrected chi connectivity index (χ4v) is 4.71. The van der Waals surface area contributed by atoms with E-state index in [9.17, 15) is 13.6 Å². The number of rotatable bonds is 8. The maximum absolute atomic E-state index is 13.9. The van der Waals surface area contributed by atoms with Crippen LogP contribution in [0.3, 0.4) is 0 Å². The zero-order chi connectivity index (χ0) is 24.2. The zero-order valence-corrected chi connectivity index (χ0v) is 21.2. The SMILES string of the molecule is CC(Oc1ccc(F)cc1F)c1nnc(SCC(=O)Nc2nc(-c3ccc(Br)cc3)cs2)n1C. The molecular formula is C22H18BrF2N5O2S2. The van der Waals surface area contributed by atoms with Gasteiger partial charge < -0.3 is 14.6 Å². The van der Waals surface area contributed by atoms with Crippen molar-refractivity contribution in [1.29, 1.82) is 0 Å². The normalized spacial score (nSPS) is 11.9. The van der Waals surface area contributed by atoms with Gasteiger partial charge in [-0.15, -0.1) is 21.5 Å². The highest BCUT2D eigenvalue weighted by Crippen LogP contribution is 2.28. The average Bonchev–Trinajstić information content (AvgIpc) is 3.41. The summed E-state index contributed by atoms with van der Waals surface area (Å²) < 4.78 is 35.2. The molecule has 0 saturated carbocycles. The number of hydrogen-bond acceptors (Lipinski definition) is 7. The predicted molar refractivity (Wildman–Crippen MR) is 131 cm³/mol. The molecule has 0 aliphatic carbocycles. The van der Waals surface area contributed by atoms with Crippen molar-refractivity contribution >= 4 is 50.1 Å². The van der Waals surface area contributed by atoms with E-state index in [0.717, 1.165) is 27.9 Å². The Morgan fingerprint density at radius 1 is 1.24 bits per heavy atom. The average molecular weight is 566 g/mol. The van der Waals surface area contributed by atoms with Crippen LogP contribution in [0.2, 0.25) is 0 Å². The first-order valence-electron chi connectivity index (χ1n) is 9.95. The van der Waals surface area contributed by atoms with Crippen molar-refractivity contribution < 1.29 is 18.3 Å². The molecule has 0 bridgehead atoms. The molecular weight excluding hydrogens is 548 g/mol. The first-order chi connectivity index (χ1) is 16.3. The molecule has 0 aliphatic rings. The van der Waals surface area contributed by atoms with E-state index in [2.05, 4.69) is 36.4 Å². The lowest BCUT2D eigenvalue weighted by molar-refractivity contribution is -0.113. The Morgan fingerprint density at radius 3 is 2.74 bits per heavy atom. The van der Waals surface area contributed by atoms with Crippen molar-refractivity contribution in [2.24, 2.45) is 7.05 Å². The summed E-state index contributed by atoms with van der Waals surface area (Å²) in [5.41, 5.74) is 1.74. The number of anilines is 1. The van der Waals surface area contributed by atoms with Gasteiger partial charge in [-0.1, -0.05) is 39.8 Å². The lowest BCUT2D eigenvalue weighted by atomic mass is 10.2. The topological polar surface area (TPSA) is 81.9 Å². The van der Waals surface area contributed by atoms with Crippen molar-refractivity contribution in [3.63, 3.8) is 0 Å². The van der Waals surface area contributed by atoms with Crippen LogP contribution in [-0.4, -0.2) is 31.4 Å². The van der Waals surface area contributed by atoms with Gasteiger partial charge in [0.25, 0.3) is 0 Å². The molecule has 0 spiro atoms. The van der Waals surface area contributed by atoms with Crippen LogP contribution in [0.1, 0.15) is 18.9 Å². The van der Waals surface area contributed by atoms with Gasteiger partial charge in [0.05, 0.1) is 11.4 Å². The van der Waals surface area contributed by atoms with Gasteiger partial charge in [-0.05, 0) is 31.2 Å². The maximum Gasteiger partial charge on any atom is 0.236 e. The second-order valence-electron chi connectivity index (χ2n) is 7.12. The number of halogens is 3. The molecule has 1 unspecified atom stereocenters. The van der Waals surface area contributed by atoms with Crippen molar-refractivity contribution in [2.75, 3.05) is 11.1 Å². The van der Waals surface area contributed by atoms with E-state index in [-0.39, 0.29) is 17.4 Å². The van der Waals surface area contributed by atoms with Crippen LogP contribution in [0.25, 0.3) is 11.3 Å². The molecule has 2 aromatic carbocycles. The fraction of sp³-hybridized carbons (Fsp3) is 0.182. The van der Waals surface area contributed by atoms with Gasteiger partial charge in [0, 0.05) is 28.5 Å². The summed E-state index contributed by atoms with van der Waals surface area (Å²) >= 11 is 5.95. The van der Waals surface area contributed by atoms with E-state index in [1.54, 1.807) is 18.5 Å². The fourth-order valence-electron chi connectivity index (χ4n) is 2.99. The predicted octanol–water partition coefficient (Wildman–Crippen LogP) is 5.85. The van der Waals surface area contributed by atoms with E-state index >= 15 is 0 Å². The molecule has 1 N–H and O–H groups in total. The van der Waals surface area contributed by atoms with Gasteiger partial charge in [0.1, 0.15) is 5.82 Å². The highest BCUT2D eigenvalue weighted by atomic mass is 79.9. The van der Waals surface area contributed by atoms with E-state index in [0.29, 0.717) is 16.1 Å². The zero-order valence-electron chi connectivity index (χ0n) is 18.0. The van der Waals surface area contributed by atoms with Crippen molar-refractivity contribution in [1.82, 2.24) is 19.7 Å². The van der Waals surface area contributed by atoms with Crippen LogP contribution in [-0.2, 0) is 11.8 Å². The molecule has 176 valence electrons. The lowest BCUT2D eigenvalue weighted by Crippen LogP contribution is -2.14. The minimum absolute atomic E-state index is 0.0866. The van der Waals surface area contributed by atoms with E-state index in [1.165, 1.54) is 29.2 Å². The number of amides is 1. The number of nitrogens with zero attached hydrogens (tertiary/aromatic N) is 4. The second-order valence-corrected chi connectivity index (χ2v) is 9.83. The number of carbonyl (C=O) groups excluding carboxylic acids is 1. The van der Waals surface area contributed by atoms with Crippen molar-refractivity contribution in [3.8, 4) is 17.0 Å². The Bertz CT molecular complexity index is 1310. The number of benzene rings is 2. The van der Waals surface area contributed by atoms with Crippen LogP contribution < -0.4 is 10.1 Å². The van der Waals surface area contributed by atoms with Crippen molar-refractivity contribution in [2.45, 2.75) is 18.2 Å². The molecule has 0 fully saturated rings. The molecule has 2 aromatic heterocycles. The number of thioether (sulfide) groups is 1. The van der Waals surface area contributed by atoms with Gasteiger partial charge in [-0.25, -0.2) is 13.8 Å². The summed E-state index contributed by atoms with van der Waals surface area (Å²) in [5.74, 6) is -1.27. The molecule has 34 heavy (non-hydrogen) atoms. The minimum Gasteiger partial charge on any atom is -0.480 e. The van der Waals surface area contributed by atoms with Gasteiger partial charge in [0.2, 0.25) is 5.91 Å². The quantitative estimate of drug-likeness (QED) is 0.270. The molecule has 4 rings (SSSR count). The Morgan fingerprint density at radius 2 is 2.00 bits per heavy atom. The maximum atomic E-state index is 13.9. The first kappa shape index (κ1) is 24.3. The molecule has 1 atom stereocenters. The summed E-state index contributed by atoms with van der Waals surface area (Å²) in [6.45, 7) is 1.68. The highest BCUT2D eigenvalue weighted by molar-refractivity contribution is 9.10. The molecule has 7 nitrogen and oxygen atoms in total. The number of aromatic nitrogens is 4. The highest BCUT2D eigenvalue weighted by Gasteiger charge is 2.20. The Hall–Kier alpha value is -2.83. The van der Waals surface area contributed by atoms with Gasteiger partial charge >= 0.3 is 0 Å². The van der Waals surface area contributed by atoms with Gasteiger partial charge in [-0.3, -0.25) is 4.79 Å². The number of hydrogen-bond donors (Lipinski definition) is 1. The van der Waals surface area contributed by atoms with Crippen LogP contribution in [0.5, 0.6) is 5.75 Å². The molecule has 12 heteroatoms. The Kier molecular flexibility index (Phi) is 7.59. The van der Waals surface area contributed by atoms with Crippen LogP contribution in [0.15, 0.2) is 57.5 Å². The molecule has 2 heterocycles. The third-order valence-corrected chi connectivity index (χ3v) is 6.96. The Balaban J connectivity index is 1.33. The molecule has 1 amide bonds. The summed E-state index contributed by atoms with van der Waals surface area (Å²) in [4.78, 5) is 16.9. The van der Waals surface area contributed by atoms with E-state index < -0.39 is 17.7 Å². The summed E-state index contributed by atoms with van der Waals surface area (Å²) in [6, 6.07) is 10.8. The molecule has 4 aromatic rings. The number of carbonyl (C=O) groups is 1. The molecule has 0 aliphatic heterocycles. The third kappa shape index (κ3) is 5.80. The largest absolute Gasteiger partial charge is 0.480 e. The summed E-state index contributed by atoms with van der Waals surface area (Å²) in [7, 11) is 1.72. The van der Waals surface area contributed by atoms with Crippen LogP contribution >= 0.6 is 39.0 Å². The number of thiazole rings is 1. The molecule has 0 saturated heterocycles. The number of ether oxygens (including phenoxy) is 1. The van der Waals surface area contributed by atoms with Crippen LogP contribution in [0.4, 0.5) is 13.9 Å².